The van der Waals surface area contributed by atoms with Crippen molar-refractivity contribution in [3.8, 4) is 28.5 Å². The first-order valence-electron chi connectivity index (χ1n) is 27.2. The number of hydrogen-bond donors (Lipinski definition) is 3. The molecule has 4 aromatic carbocycles. The van der Waals surface area contributed by atoms with Crippen LogP contribution in [0.2, 0.25) is 0 Å². The Kier molecular flexibility index (Phi) is 14.1. The highest BCUT2D eigenvalue weighted by atomic mass is 16.6. The summed E-state index contributed by atoms with van der Waals surface area (Å²) in [6, 6.07) is 18.6. The molecule has 0 aliphatic carbocycles. The number of amides is 2. The lowest BCUT2D eigenvalue weighted by molar-refractivity contribution is -0.132. The van der Waals surface area contributed by atoms with Crippen LogP contribution in [-0.2, 0) is 59.8 Å². The highest BCUT2D eigenvalue weighted by molar-refractivity contribution is 6.01. The summed E-state index contributed by atoms with van der Waals surface area (Å²) in [5.41, 5.74) is 17.7. The molecule has 1 spiro atoms. The van der Waals surface area contributed by atoms with Gasteiger partial charge in [0.15, 0.2) is 11.4 Å². The van der Waals surface area contributed by atoms with E-state index in [9.17, 15) is 19.5 Å². The minimum Gasteiger partial charge on any atom is -0.507 e. The van der Waals surface area contributed by atoms with Crippen LogP contribution in [0.3, 0.4) is 0 Å². The van der Waals surface area contributed by atoms with Crippen LogP contribution in [0.1, 0.15) is 91.8 Å². The van der Waals surface area contributed by atoms with E-state index in [0.29, 0.717) is 119 Å². The highest BCUT2D eigenvalue weighted by Gasteiger charge is 2.56. The number of anilines is 4. The molecule has 18 heteroatoms. The van der Waals surface area contributed by atoms with Crippen LogP contribution in [-0.4, -0.2) is 150 Å². The van der Waals surface area contributed by atoms with Crippen LogP contribution < -0.4 is 30.5 Å². The summed E-state index contributed by atoms with van der Waals surface area (Å²) in [5, 5.41) is 21.6. The van der Waals surface area contributed by atoms with Crippen molar-refractivity contribution in [2.45, 2.75) is 63.4 Å². The van der Waals surface area contributed by atoms with Gasteiger partial charge >= 0.3 is 5.97 Å². The summed E-state index contributed by atoms with van der Waals surface area (Å²) >= 11 is 0. The molecule has 398 valence electrons. The zero-order valence-electron chi connectivity index (χ0n) is 43.0. The molecule has 8 heterocycles. The second kappa shape index (κ2) is 21.6. The summed E-state index contributed by atoms with van der Waals surface area (Å²) in [5.74, 6) is 1.43. The number of aromatic hydroxyl groups is 1. The molecule has 1 saturated heterocycles. The van der Waals surface area contributed by atoms with Crippen molar-refractivity contribution in [2.75, 3.05) is 132 Å². The maximum Gasteiger partial charge on any atom is 0.340 e. The first kappa shape index (κ1) is 49.9. The van der Waals surface area contributed by atoms with E-state index in [1.165, 1.54) is 33.6 Å². The molecule has 7 aliphatic heterocycles. The normalized spacial score (nSPS) is 17.6. The van der Waals surface area contributed by atoms with Gasteiger partial charge < -0.3 is 64.2 Å². The number of aryl methyl sites for hydroxylation is 2. The van der Waals surface area contributed by atoms with Gasteiger partial charge in [0.05, 0.1) is 76.2 Å². The van der Waals surface area contributed by atoms with E-state index in [4.69, 9.17) is 34.2 Å². The molecule has 0 radical (unpaired) electrons. The summed E-state index contributed by atoms with van der Waals surface area (Å²) in [6.07, 6.45) is 8.18. The average Bonchev–Trinajstić information content (AvgIpc) is 3.92. The monoisotopic (exact) mass is 1030 g/mol. The number of nitrogens with one attached hydrogen (secondary N) is 1. The standard InChI is InChI=1S/C58H66N8O10/c59-55-48(36-47(61-62-55)41-9-1-2-12-49(41)67)63-21-23-64(24-22-63)50(68)15-25-71-27-29-73-31-32-74-30-28-72-26-16-60-56(69)39-13-14-40-44(35-39)58(76-57(40)70)45-33-37-7-3-17-65-19-5-10-42(51(37)65)53(45)75-54-43-11-6-20-66-18-4-8-38(52(43)66)34-46(54)58/h1-2,9,12-14,33-36,67H,3-8,10-11,15-32H2,(H2,59,62)(H,60,69). The van der Waals surface area contributed by atoms with Gasteiger partial charge in [-0.05, 0) is 111 Å². The van der Waals surface area contributed by atoms with Gasteiger partial charge in [0, 0.05) is 109 Å². The Bertz CT molecular complexity index is 2970. The molecule has 12 rings (SSSR count). The first-order chi connectivity index (χ1) is 37.3. The molecule has 7 aliphatic rings. The minimum atomic E-state index is -1.26. The molecule has 0 unspecified atom stereocenters. The molecule has 5 aromatic rings. The zero-order valence-corrected chi connectivity index (χ0v) is 43.0. The third-order valence-corrected chi connectivity index (χ3v) is 16.1. The fourth-order valence-corrected chi connectivity index (χ4v) is 12.6. The molecule has 0 bridgehead atoms. The Labute approximate surface area is 442 Å². The van der Waals surface area contributed by atoms with Gasteiger partial charge in [-0.15, -0.1) is 10.2 Å². The zero-order chi connectivity index (χ0) is 51.8. The summed E-state index contributed by atoms with van der Waals surface area (Å²) in [4.78, 5) is 49.9. The van der Waals surface area contributed by atoms with Crippen LogP contribution in [0.25, 0.3) is 11.3 Å². The SMILES string of the molecule is Nc1nnc(-c2ccccc2O)cc1N1CCN(C(=O)CCOCCOCCOCCOCCNC(=O)c2ccc3c(c2)C2(OC3=O)c3cc4c5c(c3Oc3c2cc2c6c3CCCN6CCC2)CCCN5CCC4)CC1. The second-order valence-electron chi connectivity index (χ2n) is 20.6. The van der Waals surface area contributed by atoms with Crippen LogP contribution in [0.15, 0.2) is 60.7 Å². The number of benzene rings is 4. The number of nitrogen functional groups attached to an aromatic ring is 1. The fraction of sp³-hybridized carbons (Fsp3) is 0.466. The molecule has 0 atom stereocenters. The molecule has 1 aromatic heterocycles. The highest BCUT2D eigenvalue weighted by Crippen LogP contribution is 2.62. The van der Waals surface area contributed by atoms with Crippen molar-refractivity contribution in [1.29, 1.82) is 0 Å². The largest absolute Gasteiger partial charge is 0.507 e. The number of fused-ring (bicyclic) bond motifs is 8. The quantitative estimate of drug-likeness (QED) is 0.0688. The van der Waals surface area contributed by atoms with Gasteiger partial charge in [0.25, 0.3) is 5.91 Å². The lowest BCUT2D eigenvalue weighted by Crippen LogP contribution is -2.49. The Morgan fingerprint density at radius 2 is 1.24 bits per heavy atom. The van der Waals surface area contributed by atoms with Crippen LogP contribution in [0.5, 0.6) is 17.2 Å². The van der Waals surface area contributed by atoms with Gasteiger partial charge in [-0.3, -0.25) is 9.59 Å². The van der Waals surface area contributed by atoms with Crippen molar-refractivity contribution >= 4 is 40.7 Å². The van der Waals surface area contributed by atoms with Crippen molar-refractivity contribution < 1.29 is 47.9 Å². The number of rotatable bonds is 18. The summed E-state index contributed by atoms with van der Waals surface area (Å²) < 4.78 is 36.8. The number of carbonyl (C=O) groups is 3. The van der Waals surface area contributed by atoms with E-state index < -0.39 is 11.6 Å². The van der Waals surface area contributed by atoms with Crippen molar-refractivity contribution in [3.63, 3.8) is 0 Å². The number of aromatic nitrogens is 2. The van der Waals surface area contributed by atoms with E-state index in [2.05, 4.69) is 42.3 Å². The fourth-order valence-electron chi connectivity index (χ4n) is 12.6. The number of piperazine rings is 1. The molecule has 4 N–H and O–H groups in total. The van der Waals surface area contributed by atoms with Gasteiger partial charge in [-0.1, -0.05) is 12.1 Å². The van der Waals surface area contributed by atoms with Crippen molar-refractivity contribution in [2.24, 2.45) is 0 Å². The smallest absolute Gasteiger partial charge is 0.340 e. The molecule has 76 heavy (non-hydrogen) atoms. The van der Waals surface area contributed by atoms with Gasteiger partial charge in [0.1, 0.15) is 17.2 Å². The maximum absolute atomic E-state index is 14.2. The Hall–Kier alpha value is -6.99. The molecule has 1 fully saturated rings. The predicted octanol–water partition coefficient (Wildman–Crippen LogP) is 5.93. The number of hydrogen-bond acceptors (Lipinski definition) is 16. The number of esters is 1. The number of nitrogens with zero attached hydrogens (tertiary/aromatic N) is 6. The number of para-hydroxylation sites is 1. The minimum absolute atomic E-state index is 0.0283. The Balaban J connectivity index is 0.582. The van der Waals surface area contributed by atoms with Crippen LogP contribution >= 0.6 is 0 Å². The Morgan fingerprint density at radius 3 is 1.87 bits per heavy atom. The topological polar surface area (TPSA) is 204 Å². The molecule has 2 amide bonds. The van der Waals surface area contributed by atoms with Crippen LogP contribution in [0.4, 0.5) is 22.9 Å². The van der Waals surface area contributed by atoms with E-state index in [0.717, 1.165) is 106 Å². The predicted molar refractivity (Wildman–Crippen MR) is 285 cm³/mol. The number of phenols is 1. The third-order valence-electron chi connectivity index (χ3n) is 16.1. The Morgan fingerprint density at radius 1 is 0.645 bits per heavy atom. The number of ether oxygens (including phenoxy) is 6. The lowest BCUT2D eigenvalue weighted by Gasteiger charge is -2.45. The van der Waals surface area contributed by atoms with Crippen molar-refractivity contribution in [3.05, 3.63) is 111 Å². The second-order valence-corrected chi connectivity index (χ2v) is 20.6. The van der Waals surface area contributed by atoms with E-state index >= 15 is 0 Å². The van der Waals surface area contributed by atoms with Crippen molar-refractivity contribution in [1.82, 2.24) is 20.4 Å². The van der Waals surface area contributed by atoms with Gasteiger partial charge in [-0.25, -0.2) is 4.79 Å². The summed E-state index contributed by atoms with van der Waals surface area (Å²) in [7, 11) is 0. The molecular weight excluding hydrogens is 969 g/mol. The van der Waals surface area contributed by atoms with E-state index in [-0.39, 0.29) is 24.0 Å². The average molecular weight is 1040 g/mol. The van der Waals surface area contributed by atoms with Gasteiger partial charge in [0.2, 0.25) is 5.91 Å². The maximum atomic E-state index is 14.2. The molecule has 0 saturated carbocycles. The van der Waals surface area contributed by atoms with E-state index in [1.54, 1.807) is 30.3 Å². The number of phenolic OH excluding ortho intramolecular Hbond substituents is 1. The molecular formula is C58H66N8O10. The number of carbonyl (C=O) groups excluding carboxylic acids is 3. The third kappa shape index (κ3) is 9.32. The lowest BCUT2D eigenvalue weighted by atomic mass is 9.72. The van der Waals surface area contributed by atoms with Gasteiger partial charge in [-0.2, -0.15) is 0 Å². The number of nitrogens with two attached hydrogens (primary N) is 1. The van der Waals surface area contributed by atoms with Crippen LogP contribution in [0, 0.1) is 0 Å². The van der Waals surface area contributed by atoms with E-state index in [1.807, 2.05) is 23.1 Å². The first-order valence-corrected chi connectivity index (χ1v) is 27.2. The molecule has 18 nitrogen and oxygen atoms in total. The summed E-state index contributed by atoms with van der Waals surface area (Å²) in [6.45, 7) is 9.53.